The Labute approximate surface area is 448 Å². The number of quaternary nitrogens is 1. The molecule has 0 saturated carbocycles. The quantitative estimate of drug-likeness (QED) is 0.0272. The fourth-order valence-corrected chi connectivity index (χ4v) is 10.1. The van der Waals surface area contributed by atoms with Gasteiger partial charge in [0.1, 0.15) is 13.2 Å². The predicted molar refractivity (Wildman–Crippen MR) is 311 cm³/mol. The number of aliphatic hydroxyl groups is 1. The van der Waals surface area contributed by atoms with Crippen LogP contribution in [0.2, 0.25) is 0 Å². The number of hydrogen-bond acceptors (Lipinski definition) is 6. The summed E-state index contributed by atoms with van der Waals surface area (Å²) in [5.74, 6) is -0.205. The summed E-state index contributed by atoms with van der Waals surface area (Å²) in [6.07, 6.45) is 71.0. The lowest BCUT2D eigenvalue weighted by Crippen LogP contribution is -2.45. The third-order valence-electron chi connectivity index (χ3n) is 14.3. The van der Waals surface area contributed by atoms with Crippen molar-refractivity contribution in [2.45, 2.75) is 321 Å². The number of amides is 1. The summed E-state index contributed by atoms with van der Waals surface area (Å²) in [5.41, 5.74) is 0. The van der Waals surface area contributed by atoms with Gasteiger partial charge in [0, 0.05) is 6.42 Å². The molecule has 0 heterocycles. The molecule has 0 aromatic rings. The molecule has 0 aromatic carbocycles. The van der Waals surface area contributed by atoms with Gasteiger partial charge in [-0.25, -0.2) is 0 Å². The molecule has 0 aliphatic carbocycles. The van der Waals surface area contributed by atoms with Gasteiger partial charge in [0.15, 0.2) is 0 Å². The first-order chi connectivity index (χ1) is 35.0. The normalized spacial score (nSPS) is 14.0. The van der Waals surface area contributed by atoms with Gasteiger partial charge >= 0.3 is 0 Å². The number of phosphoric ester groups is 1. The summed E-state index contributed by atoms with van der Waals surface area (Å²) in [7, 11) is 1.25. The molecule has 0 rings (SSSR count). The number of nitrogens with one attached hydrogen (secondary N) is 1. The Morgan fingerprint density at radius 2 is 0.778 bits per heavy atom. The van der Waals surface area contributed by atoms with Crippen LogP contribution in [-0.2, 0) is 18.4 Å². The Morgan fingerprint density at radius 3 is 1.12 bits per heavy atom. The maximum atomic E-state index is 13.0. The first-order valence-electron chi connectivity index (χ1n) is 31.4. The Morgan fingerprint density at radius 1 is 0.472 bits per heavy atom. The predicted octanol–water partition coefficient (Wildman–Crippen LogP) is 18.7. The molecule has 9 heteroatoms. The van der Waals surface area contributed by atoms with Gasteiger partial charge in [0.25, 0.3) is 7.82 Å². The number of hydrogen-bond donors (Lipinski definition) is 2. The van der Waals surface area contributed by atoms with Crippen LogP contribution in [0, 0.1) is 0 Å². The van der Waals surface area contributed by atoms with Crippen molar-refractivity contribution in [1.82, 2.24) is 5.32 Å². The number of rotatable bonds is 58. The van der Waals surface area contributed by atoms with Crippen molar-refractivity contribution in [2.75, 3.05) is 40.9 Å². The van der Waals surface area contributed by atoms with Gasteiger partial charge in [-0.2, -0.15) is 0 Å². The average molecular weight is 1040 g/mol. The highest BCUT2D eigenvalue weighted by molar-refractivity contribution is 7.45. The first kappa shape index (κ1) is 70.7. The summed E-state index contributed by atoms with van der Waals surface area (Å²) >= 11 is 0. The topological polar surface area (TPSA) is 108 Å². The van der Waals surface area contributed by atoms with Gasteiger partial charge in [0.05, 0.1) is 39.9 Å². The molecule has 0 aliphatic heterocycles. The molecule has 72 heavy (non-hydrogen) atoms. The van der Waals surface area contributed by atoms with E-state index in [0.29, 0.717) is 17.4 Å². The third kappa shape index (κ3) is 56.4. The van der Waals surface area contributed by atoms with E-state index in [1.54, 1.807) is 6.08 Å². The number of carbonyl (C=O) groups is 1. The van der Waals surface area contributed by atoms with E-state index in [2.05, 4.69) is 43.5 Å². The van der Waals surface area contributed by atoms with E-state index in [-0.39, 0.29) is 12.5 Å². The number of carbonyl (C=O) groups excluding carboxylic acids is 1. The Balaban J connectivity index is 4.18. The van der Waals surface area contributed by atoms with Crippen LogP contribution in [-0.4, -0.2) is 68.5 Å². The van der Waals surface area contributed by atoms with Gasteiger partial charge in [-0.1, -0.05) is 294 Å². The first-order valence-corrected chi connectivity index (χ1v) is 32.8. The van der Waals surface area contributed by atoms with Crippen molar-refractivity contribution in [3.05, 3.63) is 36.5 Å². The van der Waals surface area contributed by atoms with Gasteiger partial charge in [0.2, 0.25) is 5.91 Å². The Kier molecular flexibility index (Phi) is 53.5. The van der Waals surface area contributed by atoms with Gasteiger partial charge in [-0.3, -0.25) is 9.36 Å². The highest BCUT2D eigenvalue weighted by atomic mass is 31.2. The van der Waals surface area contributed by atoms with Crippen LogP contribution in [0.4, 0.5) is 0 Å². The summed E-state index contributed by atoms with van der Waals surface area (Å²) < 4.78 is 23.4. The summed E-state index contributed by atoms with van der Waals surface area (Å²) in [6.45, 7) is 4.67. The zero-order chi connectivity index (χ0) is 52.7. The minimum Gasteiger partial charge on any atom is -0.756 e. The molecule has 3 atom stereocenters. The largest absolute Gasteiger partial charge is 0.756 e. The van der Waals surface area contributed by atoms with Crippen molar-refractivity contribution in [3.8, 4) is 0 Å². The second-order valence-electron chi connectivity index (χ2n) is 22.8. The van der Waals surface area contributed by atoms with Crippen LogP contribution in [0.3, 0.4) is 0 Å². The molecule has 2 N–H and O–H groups in total. The summed E-state index contributed by atoms with van der Waals surface area (Å²) in [6, 6.07) is -0.908. The van der Waals surface area contributed by atoms with Crippen molar-refractivity contribution in [1.29, 1.82) is 0 Å². The van der Waals surface area contributed by atoms with E-state index >= 15 is 0 Å². The lowest BCUT2D eigenvalue weighted by molar-refractivity contribution is -0.870. The Bertz CT molecular complexity index is 1270. The fourth-order valence-electron chi connectivity index (χ4n) is 9.42. The van der Waals surface area contributed by atoms with Gasteiger partial charge in [-0.15, -0.1) is 0 Å². The van der Waals surface area contributed by atoms with Crippen LogP contribution in [0.15, 0.2) is 36.5 Å². The molecular weight excluding hydrogens is 912 g/mol. The molecule has 8 nitrogen and oxygen atoms in total. The van der Waals surface area contributed by atoms with Crippen LogP contribution >= 0.6 is 7.82 Å². The lowest BCUT2D eigenvalue weighted by atomic mass is 10.0. The smallest absolute Gasteiger partial charge is 0.268 e. The van der Waals surface area contributed by atoms with Crippen LogP contribution < -0.4 is 10.2 Å². The zero-order valence-electron chi connectivity index (χ0n) is 48.6. The SMILES string of the molecule is CCCCCCCCCCCCCCC/C=C/CC/C=C/CC/C=C/C(O)C(COP(=O)([O-])OCC[N+](C)(C)C)NC(=O)CCCCCCCCCCCCCCCCCCCCCCCCCCCCC. The van der Waals surface area contributed by atoms with E-state index in [4.69, 9.17) is 9.05 Å². The van der Waals surface area contributed by atoms with Gasteiger partial charge < -0.3 is 28.8 Å². The highest BCUT2D eigenvalue weighted by Crippen LogP contribution is 2.38. The maximum absolute atomic E-state index is 13.0. The molecule has 0 spiro atoms. The van der Waals surface area contributed by atoms with E-state index in [9.17, 15) is 19.4 Å². The molecule has 0 saturated heterocycles. The molecule has 0 fully saturated rings. The number of allylic oxidation sites excluding steroid dienone is 5. The second kappa shape index (κ2) is 54.5. The summed E-state index contributed by atoms with van der Waals surface area (Å²) in [5, 5.41) is 13.9. The molecule has 0 bridgehead atoms. The van der Waals surface area contributed by atoms with Crippen molar-refractivity contribution >= 4 is 13.7 Å². The molecule has 0 radical (unpaired) electrons. The van der Waals surface area contributed by atoms with Crippen LogP contribution in [0.25, 0.3) is 0 Å². The minimum atomic E-state index is -4.61. The minimum absolute atomic E-state index is 0.00724. The number of likely N-dealkylation sites (N-methyl/N-ethyl adjacent to an activating group) is 1. The van der Waals surface area contributed by atoms with E-state index in [1.807, 2.05) is 27.2 Å². The fraction of sp³-hybridized carbons (Fsp3) is 0.889. The number of aliphatic hydroxyl groups excluding tert-OH is 1. The summed E-state index contributed by atoms with van der Waals surface area (Å²) in [4.78, 5) is 25.5. The monoisotopic (exact) mass is 1030 g/mol. The molecular formula is C63H123N2O6P. The molecule has 3 unspecified atom stereocenters. The second-order valence-corrected chi connectivity index (χ2v) is 24.2. The van der Waals surface area contributed by atoms with E-state index < -0.39 is 26.6 Å². The van der Waals surface area contributed by atoms with Crippen LogP contribution in [0.5, 0.6) is 0 Å². The zero-order valence-corrected chi connectivity index (χ0v) is 49.5. The van der Waals surface area contributed by atoms with Crippen molar-refractivity contribution in [3.63, 3.8) is 0 Å². The van der Waals surface area contributed by atoms with Crippen molar-refractivity contribution < 1.29 is 32.9 Å². The number of phosphoric acid groups is 1. The number of unbranched alkanes of at least 4 members (excludes halogenated alkanes) is 41. The number of nitrogens with zero attached hydrogens (tertiary/aromatic N) is 1. The molecule has 0 aromatic heterocycles. The molecule has 0 aliphatic rings. The van der Waals surface area contributed by atoms with E-state index in [0.717, 1.165) is 44.9 Å². The van der Waals surface area contributed by atoms with Gasteiger partial charge in [-0.05, 0) is 44.9 Å². The van der Waals surface area contributed by atoms with E-state index in [1.165, 1.54) is 244 Å². The van der Waals surface area contributed by atoms with Crippen molar-refractivity contribution in [2.24, 2.45) is 0 Å². The molecule has 426 valence electrons. The molecule has 1 amide bonds. The lowest BCUT2D eigenvalue weighted by Gasteiger charge is -2.29. The average Bonchev–Trinajstić information content (AvgIpc) is 3.34. The standard InChI is InChI=1S/C63H123N2O6P/c1-6-8-10-12-14-16-18-20-22-24-26-28-30-31-32-33-35-37-39-41-43-45-47-49-51-53-55-57-63(67)64-61(60-71-72(68,69)70-59-58-65(3,4)5)62(66)56-54-52-50-48-46-44-42-40-38-36-34-29-27-25-23-21-19-17-15-13-11-9-7-2/h38,40,46,48,54,56,61-62,66H,6-37,39,41-45,47,49-53,55,57-60H2,1-5H3,(H-,64,67,68,69)/b40-38+,48-46+,56-54+. The van der Waals surface area contributed by atoms with Crippen LogP contribution in [0.1, 0.15) is 309 Å². The maximum Gasteiger partial charge on any atom is 0.268 e. The Hall–Kier alpha value is -1.28. The highest BCUT2D eigenvalue weighted by Gasteiger charge is 2.23. The third-order valence-corrected chi connectivity index (χ3v) is 15.3.